The molecule has 0 radical (unpaired) electrons. The first kappa shape index (κ1) is 9.73. The molecule has 0 bridgehead atoms. The average Bonchev–Trinajstić information content (AvgIpc) is 2.36. The van der Waals surface area contributed by atoms with Crippen LogP contribution in [0.5, 0.6) is 0 Å². The van der Waals surface area contributed by atoms with Crippen LogP contribution in [0, 0.1) is 0 Å². The lowest BCUT2D eigenvalue weighted by Gasteiger charge is -1.98. The zero-order valence-corrected chi connectivity index (χ0v) is 8.78. The van der Waals surface area contributed by atoms with Crippen molar-refractivity contribution < 1.29 is 0 Å². The maximum Gasteiger partial charge on any atom is 0.222 e. The summed E-state index contributed by atoms with van der Waals surface area (Å²) in [5, 5.41) is 8.58. The lowest BCUT2D eigenvalue weighted by Crippen LogP contribution is -1.98. The Labute approximate surface area is 80.3 Å². The maximum absolute atomic E-state index is 5.52. The molecule has 0 amide bonds. The minimum absolute atomic E-state index is 0.474. The van der Waals surface area contributed by atoms with E-state index in [1.165, 1.54) is 0 Å². The normalized spacial score (nSPS) is 10.5. The molecular weight excluding hydrogens is 192 g/mol. The van der Waals surface area contributed by atoms with E-state index in [1.807, 2.05) is 18.8 Å². The van der Waals surface area contributed by atoms with Crippen LogP contribution < -0.4 is 5.73 Å². The Kier molecular flexibility index (Phi) is 3.74. The molecule has 0 fully saturated rings. The number of nitrogens with two attached hydrogens (primary N) is 1. The van der Waals surface area contributed by atoms with Gasteiger partial charge in [0.25, 0.3) is 0 Å². The predicted molar refractivity (Wildman–Crippen MR) is 54.5 cm³/mol. The Morgan fingerprint density at radius 2 is 2.17 bits per heavy atom. The molecule has 0 aliphatic rings. The molecule has 68 valence electrons. The van der Waals surface area contributed by atoms with Crippen molar-refractivity contribution >= 4 is 29.5 Å². The van der Waals surface area contributed by atoms with E-state index in [1.54, 1.807) is 16.3 Å². The molecule has 4 nitrogen and oxygen atoms in total. The number of hydrogen-bond acceptors (Lipinski definition) is 5. The van der Waals surface area contributed by atoms with Gasteiger partial charge in [0.1, 0.15) is 0 Å². The van der Waals surface area contributed by atoms with E-state index in [4.69, 9.17) is 5.73 Å². The number of aromatic nitrogens is 3. The summed E-state index contributed by atoms with van der Waals surface area (Å²) in [5.41, 5.74) is 5.52. The third-order valence-corrected chi connectivity index (χ3v) is 3.28. The summed E-state index contributed by atoms with van der Waals surface area (Å²) in [4.78, 5) is 0. The smallest absolute Gasteiger partial charge is 0.222 e. The van der Waals surface area contributed by atoms with Crippen LogP contribution in [-0.4, -0.2) is 32.5 Å². The Morgan fingerprint density at radius 3 is 2.67 bits per heavy atom. The van der Waals surface area contributed by atoms with Gasteiger partial charge in [0.05, 0.1) is 0 Å². The number of nitrogen functional groups attached to an aromatic ring is 1. The van der Waals surface area contributed by atoms with Crippen molar-refractivity contribution in [2.24, 2.45) is 7.05 Å². The molecule has 1 rings (SSSR count). The fourth-order valence-corrected chi connectivity index (χ4v) is 2.24. The number of nitrogens with zero attached hydrogens (tertiary/aromatic N) is 3. The van der Waals surface area contributed by atoms with Crippen LogP contribution in [0.2, 0.25) is 0 Å². The lowest BCUT2D eigenvalue weighted by molar-refractivity contribution is 0.796. The van der Waals surface area contributed by atoms with E-state index in [0.717, 1.165) is 16.7 Å². The number of thioether (sulfide) groups is 2. The van der Waals surface area contributed by atoms with Gasteiger partial charge in [-0.2, -0.15) is 11.8 Å². The van der Waals surface area contributed by atoms with Gasteiger partial charge >= 0.3 is 0 Å². The third kappa shape index (κ3) is 2.31. The van der Waals surface area contributed by atoms with Crippen LogP contribution in [0.3, 0.4) is 0 Å². The van der Waals surface area contributed by atoms with E-state index >= 15 is 0 Å². The highest BCUT2D eigenvalue weighted by Crippen LogP contribution is 2.16. The van der Waals surface area contributed by atoms with Crippen molar-refractivity contribution in [3.8, 4) is 0 Å². The molecule has 1 aromatic rings. The van der Waals surface area contributed by atoms with Crippen molar-refractivity contribution in [1.29, 1.82) is 0 Å². The zero-order valence-electron chi connectivity index (χ0n) is 7.15. The summed E-state index contributed by atoms with van der Waals surface area (Å²) in [6.45, 7) is 0. The van der Waals surface area contributed by atoms with Crippen molar-refractivity contribution in [2.45, 2.75) is 5.16 Å². The van der Waals surface area contributed by atoms with Crippen LogP contribution in [0.15, 0.2) is 5.16 Å². The Bertz CT molecular complexity index is 248. The summed E-state index contributed by atoms with van der Waals surface area (Å²) in [5.74, 6) is 2.64. The average molecular weight is 204 g/mol. The molecule has 0 saturated heterocycles. The lowest BCUT2D eigenvalue weighted by atomic mass is 11.0. The summed E-state index contributed by atoms with van der Waals surface area (Å²) in [7, 11) is 1.87. The minimum atomic E-state index is 0.474. The van der Waals surface area contributed by atoms with E-state index in [2.05, 4.69) is 16.5 Å². The van der Waals surface area contributed by atoms with E-state index < -0.39 is 0 Å². The molecule has 0 aromatic carbocycles. The topological polar surface area (TPSA) is 56.7 Å². The van der Waals surface area contributed by atoms with Crippen LogP contribution in [0.4, 0.5) is 5.95 Å². The molecule has 0 saturated carbocycles. The largest absolute Gasteiger partial charge is 0.368 e. The van der Waals surface area contributed by atoms with Gasteiger partial charge in [-0.15, -0.1) is 10.2 Å². The second kappa shape index (κ2) is 4.61. The van der Waals surface area contributed by atoms with Crippen LogP contribution in [0.1, 0.15) is 0 Å². The number of hydrogen-bond donors (Lipinski definition) is 1. The Balaban J connectivity index is 2.46. The van der Waals surface area contributed by atoms with Gasteiger partial charge < -0.3 is 5.73 Å². The summed E-state index contributed by atoms with van der Waals surface area (Å²) in [6, 6.07) is 0. The van der Waals surface area contributed by atoms with Gasteiger partial charge in [-0.3, -0.25) is 4.57 Å². The Morgan fingerprint density at radius 1 is 1.42 bits per heavy atom. The van der Waals surface area contributed by atoms with Crippen LogP contribution in [-0.2, 0) is 7.05 Å². The molecule has 6 heteroatoms. The summed E-state index contributed by atoms with van der Waals surface area (Å²) < 4.78 is 1.80. The van der Waals surface area contributed by atoms with E-state index in [9.17, 15) is 0 Å². The van der Waals surface area contributed by atoms with E-state index in [-0.39, 0.29) is 0 Å². The first-order chi connectivity index (χ1) is 5.75. The van der Waals surface area contributed by atoms with Gasteiger partial charge in [0.2, 0.25) is 5.95 Å². The molecule has 0 unspecified atom stereocenters. The fraction of sp³-hybridized carbons (Fsp3) is 0.667. The number of anilines is 1. The summed E-state index contributed by atoms with van der Waals surface area (Å²) in [6.07, 6.45) is 2.09. The molecule has 0 aliphatic carbocycles. The highest BCUT2D eigenvalue weighted by molar-refractivity contribution is 8.02. The zero-order chi connectivity index (χ0) is 8.97. The van der Waals surface area contributed by atoms with Crippen molar-refractivity contribution in [3.63, 3.8) is 0 Å². The molecule has 1 aromatic heterocycles. The van der Waals surface area contributed by atoms with Gasteiger partial charge in [-0.1, -0.05) is 11.8 Å². The van der Waals surface area contributed by atoms with Gasteiger partial charge in [-0.25, -0.2) is 0 Å². The minimum Gasteiger partial charge on any atom is -0.368 e. The standard InChI is InChI=1S/C6H12N4S2/c1-10-5(7)8-9-6(10)12-4-3-11-2/h3-4H2,1-2H3,(H2,7,8). The Hall–Kier alpha value is -0.360. The second-order valence-electron chi connectivity index (χ2n) is 2.24. The molecular formula is C6H12N4S2. The second-order valence-corrected chi connectivity index (χ2v) is 4.29. The van der Waals surface area contributed by atoms with Crippen molar-refractivity contribution in [1.82, 2.24) is 14.8 Å². The molecule has 0 atom stereocenters. The monoisotopic (exact) mass is 204 g/mol. The van der Waals surface area contributed by atoms with Crippen molar-refractivity contribution in [2.75, 3.05) is 23.5 Å². The highest BCUT2D eigenvalue weighted by Gasteiger charge is 2.04. The molecule has 12 heavy (non-hydrogen) atoms. The SMILES string of the molecule is CSCCSc1nnc(N)n1C. The first-order valence-corrected chi connectivity index (χ1v) is 5.90. The fourth-order valence-electron chi connectivity index (χ4n) is 0.668. The molecule has 1 heterocycles. The summed E-state index contributed by atoms with van der Waals surface area (Å²) >= 11 is 3.50. The van der Waals surface area contributed by atoms with E-state index in [0.29, 0.717) is 5.95 Å². The quantitative estimate of drug-likeness (QED) is 0.582. The predicted octanol–water partition coefficient (Wildman–Crippen LogP) is 0.852. The van der Waals surface area contributed by atoms with Crippen LogP contribution in [0.25, 0.3) is 0 Å². The molecule has 2 N–H and O–H groups in total. The van der Waals surface area contributed by atoms with Gasteiger partial charge in [-0.05, 0) is 6.26 Å². The molecule has 0 spiro atoms. The number of rotatable bonds is 4. The van der Waals surface area contributed by atoms with Crippen LogP contribution >= 0.6 is 23.5 Å². The van der Waals surface area contributed by atoms with Gasteiger partial charge in [0, 0.05) is 18.6 Å². The van der Waals surface area contributed by atoms with Crippen molar-refractivity contribution in [3.05, 3.63) is 0 Å². The molecule has 0 aliphatic heterocycles. The first-order valence-electron chi connectivity index (χ1n) is 3.52. The maximum atomic E-state index is 5.52. The highest BCUT2D eigenvalue weighted by atomic mass is 32.2. The third-order valence-electron chi connectivity index (χ3n) is 1.39. The van der Waals surface area contributed by atoms with Gasteiger partial charge in [0.15, 0.2) is 5.16 Å².